The topological polar surface area (TPSA) is 78.4 Å². The largest absolute Gasteiger partial charge is 0.450 e. The van der Waals surface area contributed by atoms with Gasteiger partial charge < -0.3 is 10.5 Å². The second-order valence-corrected chi connectivity index (χ2v) is 4.51. The van der Waals surface area contributed by atoms with Crippen LogP contribution in [0, 0.1) is 17.0 Å². The van der Waals surface area contributed by atoms with E-state index in [1.54, 1.807) is 24.3 Å². The van der Waals surface area contributed by atoms with Crippen LogP contribution in [-0.4, -0.2) is 11.5 Å². The second-order valence-electron chi connectivity index (χ2n) is 4.51. The number of benzene rings is 2. The first kappa shape index (κ1) is 14.0. The fourth-order valence-corrected chi connectivity index (χ4v) is 1.87. The average molecular weight is 272 g/mol. The van der Waals surface area contributed by atoms with Gasteiger partial charge in [-0.25, -0.2) is 0 Å². The maximum absolute atomic E-state index is 11.0. The van der Waals surface area contributed by atoms with Crippen LogP contribution in [-0.2, 0) is 6.42 Å². The Bertz CT molecular complexity index is 609. The molecule has 0 saturated carbocycles. The SMILES string of the molecule is Cc1ccc([N+](=O)[O-])c(Oc2ccc(CCN)cc2)c1. The first-order valence-corrected chi connectivity index (χ1v) is 6.32. The molecule has 104 valence electrons. The van der Waals surface area contributed by atoms with Crippen molar-refractivity contribution in [3.8, 4) is 11.5 Å². The van der Waals surface area contributed by atoms with E-state index in [-0.39, 0.29) is 11.4 Å². The number of hydrogen-bond donors (Lipinski definition) is 1. The lowest BCUT2D eigenvalue weighted by Gasteiger charge is -2.08. The van der Waals surface area contributed by atoms with Crippen LogP contribution in [0.25, 0.3) is 0 Å². The lowest BCUT2D eigenvalue weighted by atomic mass is 10.1. The lowest BCUT2D eigenvalue weighted by molar-refractivity contribution is -0.385. The summed E-state index contributed by atoms with van der Waals surface area (Å²) >= 11 is 0. The molecule has 0 saturated heterocycles. The lowest BCUT2D eigenvalue weighted by Crippen LogP contribution is -2.02. The number of nitrogens with zero attached hydrogens (tertiary/aromatic N) is 1. The minimum atomic E-state index is -0.447. The molecular formula is C15H16N2O3. The molecule has 0 radical (unpaired) electrons. The minimum absolute atomic E-state index is 0.0402. The smallest absolute Gasteiger partial charge is 0.311 e. The number of nitro groups is 1. The summed E-state index contributed by atoms with van der Waals surface area (Å²) in [5.41, 5.74) is 7.46. The molecule has 0 amide bonds. The van der Waals surface area contributed by atoms with Gasteiger partial charge in [-0.2, -0.15) is 0 Å². The van der Waals surface area contributed by atoms with Crippen LogP contribution in [0.2, 0.25) is 0 Å². The van der Waals surface area contributed by atoms with Gasteiger partial charge >= 0.3 is 5.69 Å². The summed E-state index contributed by atoms with van der Waals surface area (Å²) in [5.74, 6) is 0.820. The molecule has 2 aromatic rings. The second kappa shape index (κ2) is 6.16. The zero-order valence-electron chi connectivity index (χ0n) is 11.2. The summed E-state index contributed by atoms with van der Waals surface area (Å²) < 4.78 is 5.61. The highest BCUT2D eigenvalue weighted by Crippen LogP contribution is 2.32. The van der Waals surface area contributed by atoms with Crippen LogP contribution in [0.4, 0.5) is 5.69 Å². The predicted molar refractivity (Wildman–Crippen MR) is 77.1 cm³/mol. The van der Waals surface area contributed by atoms with Crippen molar-refractivity contribution in [1.82, 2.24) is 0 Å². The molecule has 2 rings (SSSR count). The summed E-state index contributed by atoms with van der Waals surface area (Å²) in [6.07, 6.45) is 0.797. The van der Waals surface area contributed by atoms with E-state index in [1.807, 2.05) is 19.1 Å². The van der Waals surface area contributed by atoms with Gasteiger partial charge in [0.1, 0.15) is 5.75 Å². The van der Waals surface area contributed by atoms with Crippen molar-refractivity contribution in [2.45, 2.75) is 13.3 Å². The summed E-state index contributed by atoms with van der Waals surface area (Å²) in [6.45, 7) is 2.45. The molecule has 0 aliphatic heterocycles. The van der Waals surface area contributed by atoms with Crippen molar-refractivity contribution in [2.24, 2.45) is 5.73 Å². The molecule has 0 aliphatic rings. The van der Waals surface area contributed by atoms with E-state index in [2.05, 4.69) is 0 Å². The highest BCUT2D eigenvalue weighted by atomic mass is 16.6. The molecule has 5 nitrogen and oxygen atoms in total. The Hall–Kier alpha value is -2.40. The molecular weight excluding hydrogens is 256 g/mol. The summed E-state index contributed by atoms with van der Waals surface area (Å²) in [4.78, 5) is 10.5. The summed E-state index contributed by atoms with van der Waals surface area (Å²) in [5, 5.41) is 11.0. The van der Waals surface area contributed by atoms with Crippen molar-refractivity contribution < 1.29 is 9.66 Å². The van der Waals surface area contributed by atoms with E-state index in [9.17, 15) is 10.1 Å². The Balaban J connectivity index is 2.25. The fraction of sp³-hybridized carbons (Fsp3) is 0.200. The number of hydrogen-bond acceptors (Lipinski definition) is 4. The molecule has 2 N–H and O–H groups in total. The van der Waals surface area contributed by atoms with Gasteiger partial charge in [0.15, 0.2) is 0 Å². The maximum Gasteiger partial charge on any atom is 0.311 e. The van der Waals surface area contributed by atoms with Gasteiger partial charge in [0.05, 0.1) is 4.92 Å². The van der Waals surface area contributed by atoms with Crippen LogP contribution < -0.4 is 10.5 Å². The number of ether oxygens (including phenoxy) is 1. The van der Waals surface area contributed by atoms with Gasteiger partial charge in [0.2, 0.25) is 5.75 Å². The predicted octanol–water partition coefficient (Wildman–Crippen LogP) is 3.20. The van der Waals surface area contributed by atoms with Crippen LogP contribution in [0.15, 0.2) is 42.5 Å². The molecule has 2 aromatic carbocycles. The van der Waals surface area contributed by atoms with Crippen LogP contribution in [0.5, 0.6) is 11.5 Å². The quantitative estimate of drug-likeness (QED) is 0.669. The van der Waals surface area contributed by atoms with Crippen LogP contribution >= 0.6 is 0 Å². The molecule has 5 heteroatoms. The first-order valence-electron chi connectivity index (χ1n) is 6.32. The van der Waals surface area contributed by atoms with Gasteiger partial charge in [-0.1, -0.05) is 18.2 Å². The van der Waals surface area contributed by atoms with E-state index < -0.39 is 4.92 Å². The van der Waals surface area contributed by atoms with E-state index in [0.717, 1.165) is 17.5 Å². The molecule has 0 bridgehead atoms. The number of nitro benzene ring substituents is 1. The van der Waals surface area contributed by atoms with E-state index >= 15 is 0 Å². The first-order chi connectivity index (χ1) is 9.60. The fourth-order valence-electron chi connectivity index (χ4n) is 1.87. The van der Waals surface area contributed by atoms with Gasteiger partial charge in [0, 0.05) is 6.07 Å². The zero-order chi connectivity index (χ0) is 14.5. The summed E-state index contributed by atoms with van der Waals surface area (Å²) in [6, 6.07) is 12.2. The monoisotopic (exact) mass is 272 g/mol. The van der Waals surface area contributed by atoms with Gasteiger partial charge in [-0.15, -0.1) is 0 Å². The Morgan fingerprint density at radius 3 is 2.50 bits per heavy atom. The normalized spacial score (nSPS) is 10.3. The van der Waals surface area contributed by atoms with Crippen molar-refractivity contribution >= 4 is 5.69 Å². The van der Waals surface area contributed by atoms with Gasteiger partial charge in [-0.3, -0.25) is 10.1 Å². The standard InChI is InChI=1S/C15H16N2O3/c1-11-2-7-14(17(18)19)15(10-11)20-13-5-3-12(4-6-13)8-9-16/h2-7,10H,8-9,16H2,1H3. The third-order valence-electron chi connectivity index (χ3n) is 2.90. The van der Waals surface area contributed by atoms with Crippen molar-refractivity contribution in [3.63, 3.8) is 0 Å². The van der Waals surface area contributed by atoms with Crippen LogP contribution in [0.1, 0.15) is 11.1 Å². The van der Waals surface area contributed by atoms with Crippen molar-refractivity contribution in [3.05, 3.63) is 63.7 Å². The molecule has 20 heavy (non-hydrogen) atoms. The Morgan fingerprint density at radius 2 is 1.90 bits per heavy atom. The Kier molecular flexibility index (Phi) is 4.32. The van der Waals surface area contributed by atoms with Crippen LogP contribution in [0.3, 0.4) is 0 Å². The molecule has 0 spiro atoms. The molecule has 0 heterocycles. The molecule has 0 aliphatic carbocycles. The number of aryl methyl sites for hydroxylation is 1. The third kappa shape index (κ3) is 3.33. The molecule has 0 aromatic heterocycles. The van der Waals surface area contributed by atoms with E-state index in [0.29, 0.717) is 12.3 Å². The Morgan fingerprint density at radius 1 is 1.20 bits per heavy atom. The maximum atomic E-state index is 11.0. The average Bonchev–Trinajstić information content (AvgIpc) is 2.41. The highest BCUT2D eigenvalue weighted by Gasteiger charge is 2.15. The Labute approximate surface area is 117 Å². The summed E-state index contributed by atoms with van der Waals surface area (Å²) in [7, 11) is 0. The van der Waals surface area contributed by atoms with Crippen molar-refractivity contribution in [2.75, 3.05) is 6.54 Å². The highest BCUT2D eigenvalue weighted by molar-refractivity contribution is 5.50. The number of nitrogens with two attached hydrogens (primary N) is 1. The number of rotatable bonds is 5. The molecule has 0 atom stereocenters. The molecule has 0 fully saturated rings. The van der Waals surface area contributed by atoms with Gasteiger partial charge in [0.25, 0.3) is 0 Å². The minimum Gasteiger partial charge on any atom is -0.450 e. The zero-order valence-corrected chi connectivity index (χ0v) is 11.2. The van der Waals surface area contributed by atoms with Crippen molar-refractivity contribution in [1.29, 1.82) is 0 Å². The van der Waals surface area contributed by atoms with E-state index in [1.165, 1.54) is 6.07 Å². The third-order valence-corrected chi connectivity index (χ3v) is 2.90. The van der Waals surface area contributed by atoms with E-state index in [4.69, 9.17) is 10.5 Å². The molecule has 0 unspecified atom stereocenters. The van der Waals surface area contributed by atoms with Gasteiger partial charge in [-0.05, 0) is 49.2 Å².